The van der Waals surface area contributed by atoms with Crippen LogP contribution in [0.25, 0.3) is 10.2 Å². The number of ether oxygens (including phenoxy) is 2. The second-order valence-corrected chi connectivity index (χ2v) is 11.0. The van der Waals surface area contributed by atoms with Crippen LogP contribution in [0.5, 0.6) is 11.5 Å². The number of rotatable bonds is 6. The molecule has 5 rings (SSSR count). The van der Waals surface area contributed by atoms with E-state index in [0.717, 1.165) is 22.5 Å². The summed E-state index contributed by atoms with van der Waals surface area (Å²) in [6.45, 7) is 3.02. The van der Waals surface area contributed by atoms with Gasteiger partial charge in [0.15, 0.2) is 11.5 Å². The third-order valence-corrected chi connectivity index (χ3v) is 8.48. The van der Waals surface area contributed by atoms with Crippen molar-refractivity contribution in [1.82, 2.24) is 9.29 Å². The fourth-order valence-corrected chi connectivity index (χ4v) is 6.32. The molecule has 1 atom stereocenters. The minimum atomic E-state index is -3.84. The van der Waals surface area contributed by atoms with Gasteiger partial charge in [0.1, 0.15) is 13.2 Å². The number of hydrogen-bond donors (Lipinski definition) is 1. The predicted molar refractivity (Wildman–Crippen MR) is 133 cm³/mol. The number of aromatic nitrogens is 1. The van der Waals surface area contributed by atoms with E-state index in [1.54, 1.807) is 35.8 Å². The minimum absolute atomic E-state index is 0.0931. The standard InChI is InChI=1S/C24H21ClN2O5S2/c1-15(16-6-9-21-22(12-16)32-11-10-31-21)26-34(29,30)18-7-8-20-23(13-18)33-24(28)27(20)14-17-4-2-3-5-19(17)25/h2-9,12-13,15,26H,10-11,14H2,1H3/t15-/m0/s1. The summed E-state index contributed by atoms with van der Waals surface area (Å²) in [5.41, 5.74) is 2.23. The van der Waals surface area contributed by atoms with E-state index in [-0.39, 0.29) is 9.77 Å². The molecule has 0 radical (unpaired) electrons. The van der Waals surface area contributed by atoms with Crippen LogP contribution in [0.15, 0.2) is 70.4 Å². The summed E-state index contributed by atoms with van der Waals surface area (Å²) in [5, 5.41) is 0.574. The smallest absolute Gasteiger partial charge is 0.308 e. The summed E-state index contributed by atoms with van der Waals surface area (Å²) in [6.07, 6.45) is 0. The third kappa shape index (κ3) is 4.44. The van der Waals surface area contributed by atoms with Crippen LogP contribution in [0.4, 0.5) is 0 Å². The van der Waals surface area contributed by atoms with Crippen molar-refractivity contribution in [3.63, 3.8) is 0 Å². The van der Waals surface area contributed by atoms with Gasteiger partial charge in [-0.05, 0) is 54.4 Å². The van der Waals surface area contributed by atoms with Crippen molar-refractivity contribution in [2.24, 2.45) is 0 Å². The summed E-state index contributed by atoms with van der Waals surface area (Å²) in [4.78, 5) is 12.6. The van der Waals surface area contributed by atoms with Gasteiger partial charge in [-0.15, -0.1) is 0 Å². The van der Waals surface area contributed by atoms with Gasteiger partial charge in [-0.3, -0.25) is 9.36 Å². The Hall–Kier alpha value is -2.85. The van der Waals surface area contributed by atoms with Crippen LogP contribution in [-0.2, 0) is 16.6 Å². The molecule has 0 spiro atoms. The summed E-state index contributed by atoms with van der Waals surface area (Å²) < 4.78 is 42.2. The lowest BCUT2D eigenvalue weighted by Crippen LogP contribution is -2.27. The molecule has 1 N–H and O–H groups in total. The second-order valence-electron chi connectivity index (χ2n) is 7.92. The first-order valence-corrected chi connectivity index (χ1v) is 13.3. The fourth-order valence-electron chi connectivity index (χ4n) is 3.86. The normalized spacial score (nSPS) is 14.3. The topological polar surface area (TPSA) is 86.6 Å². The van der Waals surface area contributed by atoms with Gasteiger partial charge in [-0.1, -0.05) is 47.2 Å². The molecule has 1 aromatic heterocycles. The van der Waals surface area contributed by atoms with Crippen LogP contribution in [0, 0.1) is 0 Å². The molecule has 10 heteroatoms. The number of thiazole rings is 1. The molecular weight excluding hydrogens is 496 g/mol. The lowest BCUT2D eigenvalue weighted by molar-refractivity contribution is 0.171. The van der Waals surface area contributed by atoms with Gasteiger partial charge < -0.3 is 9.47 Å². The maximum atomic E-state index is 13.1. The number of nitrogens with zero attached hydrogens (tertiary/aromatic N) is 1. The van der Waals surface area contributed by atoms with Gasteiger partial charge in [0.25, 0.3) is 0 Å². The van der Waals surface area contributed by atoms with Crippen molar-refractivity contribution in [1.29, 1.82) is 0 Å². The van der Waals surface area contributed by atoms with E-state index >= 15 is 0 Å². The lowest BCUT2D eigenvalue weighted by atomic mass is 10.1. The van der Waals surface area contributed by atoms with Gasteiger partial charge >= 0.3 is 4.87 Å². The molecule has 176 valence electrons. The molecule has 4 aromatic rings. The molecule has 7 nitrogen and oxygen atoms in total. The average Bonchev–Trinajstić information content (AvgIpc) is 3.14. The fraction of sp³-hybridized carbons (Fsp3) is 0.208. The molecule has 0 saturated carbocycles. The summed E-state index contributed by atoms with van der Waals surface area (Å²) >= 11 is 7.26. The quantitative estimate of drug-likeness (QED) is 0.405. The summed E-state index contributed by atoms with van der Waals surface area (Å²) in [7, 11) is -3.84. The number of hydrogen-bond acceptors (Lipinski definition) is 6. The van der Waals surface area contributed by atoms with Gasteiger partial charge in [0, 0.05) is 11.1 Å². The number of nitrogens with one attached hydrogen (secondary N) is 1. The van der Waals surface area contributed by atoms with Crippen LogP contribution >= 0.6 is 22.9 Å². The minimum Gasteiger partial charge on any atom is -0.486 e. The van der Waals surface area contributed by atoms with Crippen molar-refractivity contribution in [2.75, 3.05) is 13.2 Å². The first-order valence-electron chi connectivity index (χ1n) is 10.6. The van der Waals surface area contributed by atoms with Crippen LogP contribution in [-0.4, -0.2) is 26.2 Å². The van der Waals surface area contributed by atoms with E-state index in [9.17, 15) is 13.2 Å². The molecule has 0 aliphatic carbocycles. The molecule has 0 unspecified atom stereocenters. The summed E-state index contributed by atoms with van der Waals surface area (Å²) in [5.74, 6) is 1.24. The van der Waals surface area contributed by atoms with Crippen molar-refractivity contribution in [2.45, 2.75) is 24.4 Å². The molecule has 1 aliphatic rings. The number of halogens is 1. The van der Waals surface area contributed by atoms with Crippen molar-refractivity contribution in [3.05, 3.63) is 86.5 Å². The zero-order valence-electron chi connectivity index (χ0n) is 18.2. The largest absolute Gasteiger partial charge is 0.486 e. The van der Waals surface area contributed by atoms with Crippen molar-refractivity contribution >= 4 is 43.2 Å². The maximum Gasteiger partial charge on any atom is 0.308 e. The Morgan fingerprint density at radius 3 is 2.62 bits per heavy atom. The highest BCUT2D eigenvalue weighted by Crippen LogP contribution is 2.33. The second kappa shape index (κ2) is 9.07. The van der Waals surface area contributed by atoms with Crippen molar-refractivity contribution < 1.29 is 17.9 Å². The van der Waals surface area contributed by atoms with Crippen LogP contribution in [0.3, 0.4) is 0 Å². The predicted octanol–water partition coefficient (Wildman–Crippen LogP) is 4.58. The van der Waals surface area contributed by atoms with E-state index < -0.39 is 16.1 Å². The lowest BCUT2D eigenvalue weighted by Gasteiger charge is -2.21. The highest BCUT2D eigenvalue weighted by atomic mass is 35.5. The van der Waals surface area contributed by atoms with Gasteiger partial charge in [0.2, 0.25) is 10.0 Å². The molecule has 0 fully saturated rings. The van der Waals surface area contributed by atoms with E-state index in [2.05, 4.69) is 4.72 Å². The number of fused-ring (bicyclic) bond motifs is 2. The molecule has 34 heavy (non-hydrogen) atoms. The Kier molecular flexibility index (Phi) is 6.11. The highest BCUT2D eigenvalue weighted by molar-refractivity contribution is 7.89. The van der Waals surface area contributed by atoms with Gasteiger partial charge in [-0.25, -0.2) is 13.1 Å². The van der Waals surface area contributed by atoms with Crippen LogP contribution < -0.4 is 19.1 Å². The molecule has 0 saturated heterocycles. The van der Waals surface area contributed by atoms with Gasteiger partial charge in [0.05, 0.1) is 21.7 Å². The Bertz CT molecular complexity index is 1540. The molecular formula is C24H21ClN2O5S2. The number of benzene rings is 3. The maximum absolute atomic E-state index is 13.1. The van der Waals surface area contributed by atoms with E-state index in [1.807, 2.05) is 24.3 Å². The Labute approximate surface area is 205 Å². The molecule has 3 aromatic carbocycles. The van der Waals surface area contributed by atoms with Crippen LogP contribution in [0.1, 0.15) is 24.1 Å². The Morgan fingerprint density at radius 2 is 1.82 bits per heavy atom. The molecule has 1 aliphatic heterocycles. The zero-order valence-corrected chi connectivity index (χ0v) is 20.5. The Balaban J connectivity index is 1.41. The van der Waals surface area contributed by atoms with Gasteiger partial charge in [-0.2, -0.15) is 0 Å². The van der Waals surface area contributed by atoms with E-state index in [1.165, 1.54) is 12.1 Å². The molecule has 0 amide bonds. The first-order chi connectivity index (χ1) is 16.3. The first kappa shape index (κ1) is 22.9. The monoisotopic (exact) mass is 516 g/mol. The highest BCUT2D eigenvalue weighted by Gasteiger charge is 2.22. The zero-order chi connectivity index (χ0) is 23.9. The summed E-state index contributed by atoms with van der Waals surface area (Å²) in [6, 6.07) is 16.9. The molecule has 0 bridgehead atoms. The Morgan fingerprint density at radius 1 is 1.06 bits per heavy atom. The SMILES string of the molecule is C[C@H](NS(=O)(=O)c1ccc2c(c1)sc(=O)n2Cc1ccccc1Cl)c1ccc2c(c1)OCCO2. The van der Waals surface area contributed by atoms with Crippen molar-refractivity contribution in [3.8, 4) is 11.5 Å². The van der Waals surface area contributed by atoms with E-state index in [0.29, 0.717) is 46.5 Å². The third-order valence-electron chi connectivity index (χ3n) is 5.63. The van der Waals surface area contributed by atoms with E-state index in [4.69, 9.17) is 21.1 Å². The number of sulfonamides is 1. The van der Waals surface area contributed by atoms with Crippen LogP contribution in [0.2, 0.25) is 5.02 Å². The molecule has 2 heterocycles. The average molecular weight is 517 g/mol.